The number of rotatable bonds is 4. The first-order valence-electron chi connectivity index (χ1n) is 6.16. The first-order valence-corrected chi connectivity index (χ1v) is 6.16. The lowest BCUT2D eigenvalue weighted by Gasteiger charge is -2.28. The average molecular weight is 266 g/mol. The van der Waals surface area contributed by atoms with E-state index in [4.69, 9.17) is 5.11 Å². The Morgan fingerprint density at radius 2 is 2.05 bits per heavy atom. The lowest BCUT2D eigenvalue weighted by atomic mass is 9.93. The van der Waals surface area contributed by atoms with Crippen LogP contribution in [-0.2, 0) is 4.79 Å². The van der Waals surface area contributed by atoms with E-state index >= 15 is 0 Å². The highest BCUT2D eigenvalue weighted by Gasteiger charge is 2.37. The molecule has 0 saturated heterocycles. The molecule has 0 unspecified atom stereocenters. The number of nitrogens with one attached hydrogen (secondary N) is 1. The molecule has 2 N–H and O–H groups in total. The van der Waals surface area contributed by atoms with Gasteiger partial charge in [-0.15, -0.1) is 0 Å². The number of carboxylic acid groups (broad SMARTS) is 1. The molecular weight excluding hydrogens is 251 g/mol. The molecule has 6 heteroatoms. The van der Waals surface area contributed by atoms with Crippen LogP contribution in [0.25, 0.3) is 0 Å². The zero-order valence-corrected chi connectivity index (χ0v) is 10.4. The van der Waals surface area contributed by atoms with Gasteiger partial charge in [-0.05, 0) is 18.9 Å². The summed E-state index contributed by atoms with van der Waals surface area (Å²) in [6, 6.07) is 1.09. The predicted octanol–water partition coefficient (Wildman–Crippen LogP) is 1.74. The van der Waals surface area contributed by atoms with E-state index < -0.39 is 23.2 Å². The van der Waals surface area contributed by atoms with Crippen LogP contribution in [0.4, 0.5) is 4.39 Å². The summed E-state index contributed by atoms with van der Waals surface area (Å²) < 4.78 is 13.0. The second-order valence-electron chi connectivity index (χ2n) is 4.90. The van der Waals surface area contributed by atoms with Gasteiger partial charge in [-0.2, -0.15) is 0 Å². The first kappa shape index (κ1) is 13.5. The Balaban J connectivity index is 2.13. The quantitative estimate of drug-likeness (QED) is 0.870. The SMILES string of the molecule is O=C(O)CC1(NC(=O)c2cncc(F)c2)CCCC1. The summed E-state index contributed by atoms with van der Waals surface area (Å²) in [5.41, 5.74) is -0.605. The van der Waals surface area contributed by atoms with Gasteiger partial charge in [0.25, 0.3) is 5.91 Å². The largest absolute Gasteiger partial charge is 0.481 e. The zero-order valence-electron chi connectivity index (χ0n) is 10.4. The van der Waals surface area contributed by atoms with Crippen molar-refractivity contribution < 1.29 is 19.1 Å². The number of carbonyl (C=O) groups is 2. The minimum atomic E-state index is -0.945. The van der Waals surface area contributed by atoms with E-state index in [1.165, 1.54) is 6.20 Å². The second kappa shape index (κ2) is 5.34. The second-order valence-corrected chi connectivity index (χ2v) is 4.90. The van der Waals surface area contributed by atoms with Gasteiger partial charge in [0.1, 0.15) is 5.82 Å². The summed E-state index contributed by atoms with van der Waals surface area (Å²) in [5.74, 6) is -2.01. The monoisotopic (exact) mass is 266 g/mol. The Labute approximate surface area is 109 Å². The normalized spacial score (nSPS) is 17.1. The van der Waals surface area contributed by atoms with E-state index in [9.17, 15) is 14.0 Å². The topological polar surface area (TPSA) is 79.3 Å². The van der Waals surface area contributed by atoms with Crippen LogP contribution in [0.2, 0.25) is 0 Å². The van der Waals surface area contributed by atoms with Gasteiger partial charge in [-0.25, -0.2) is 4.39 Å². The van der Waals surface area contributed by atoms with Crippen molar-refractivity contribution in [3.63, 3.8) is 0 Å². The van der Waals surface area contributed by atoms with Crippen LogP contribution in [-0.4, -0.2) is 27.5 Å². The van der Waals surface area contributed by atoms with Crippen molar-refractivity contribution in [3.05, 3.63) is 29.8 Å². The molecule has 102 valence electrons. The van der Waals surface area contributed by atoms with E-state index in [0.29, 0.717) is 12.8 Å². The number of halogens is 1. The van der Waals surface area contributed by atoms with Crippen molar-refractivity contribution in [2.24, 2.45) is 0 Å². The van der Waals surface area contributed by atoms with E-state index in [0.717, 1.165) is 25.1 Å². The maximum Gasteiger partial charge on any atom is 0.305 e. The molecule has 1 aromatic heterocycles. The highest BCUT2D eigenvalue weighted by molar-refractivity contribution is 5.94. The minimum Gasteiger partial charge on any atom is -0.481 e. The number of nitrogens with zero attached hydrogens (tertiary/aromatic N) is 1. The molecule has 1 saturated carbocycles. The Morgan fingerprint density at radius 1 is 1.37 bits per heavy atom. The molecule has 0 aromatic carbocycles. The molecule has 1 aliphatic rings. The lowest BCUT2D eigenvalue weighted by molar-refractivity contribution is -0.138. The fourth-order valence-corrected chi connectivity index (χ4v) is 2.54. The number of aromatic nitrogens is 1. The van der Waals surface area contributed by atoms with Gasteiger partial charge in [-0.3, -0.25) is 14.6 Å². The van der Waals surface area contributed by atoms with Crippen molar-refractivity contribution in [2.45, 2.75) is 37.6 Å². The van der Waals surface area contributed by atoms with Crippen molar-refractivity contribution >= 4 is 11.9 Å². The molecule has 0 spiro atoms. The third-order valence-corrected chi connectivity index (χ3v) is 3.40. The van der Waals surface area contributed by atoms with Crippen molar-refractivity contribution in [1.82, 2.24) is 10.3 Å². The third kappa shape index (κ3) is 3.27. The summed E-state index contributed by atoms with van der Waals surface area (Å²) in [6.45, 7) is 0. The number of pyridine rings is 1. The number of hydrogen-bond donors (Lipinski definition) is 2. The fraction of sp³-hybridized carbons (Fsp3) is 0.462. The number of amides is 1. The third-order valence-electron chi connectivity index (χ3n) is 3.40. The minimum absolute atomic E-state index is 0.108. The number of hydrogen-bond acceptors (Lipinski definition) is 3. The van der Waals surface area contributed by atoms with Gasteiger partial charge in [0.2, 0.25) is 0 Å². The molecule has 1 heterocycles. The maximum atomic E-state index is 13.0. The average Bonchev–Trinajstić information content (AvgIpc) is 2.76. The predicted molar refractivity (Wildman–Crippen MR) is 65.1 cm³/mol. The lowest BCUT2D eigenvalue weighted by Crippen LogP contribution is -2.47. The summed E-state index contributed by atoms with van der Waals surface area (Å²) in [7, 11) is 0. The Hall–Kier alpha value is -1.98. The maximum absolute atomic E-state index is 13.0. The fourth-order valence-electron chi connectivity index (χ4n) is 2.54. The molecule has 5 nitrogen and oxygen atoms in total. The van der Waals surface area contributed by atoms with Gasteiger partial charge in [0, 0.05) is 6.20 Å². The van der Waals surface area contributed by atoms with Crippen LogP contribution >= 0.6 is 0 Å². The highest BCUT2D eigenvalue weighted by atomic mass is 19.1. The molecule has 1 aromatic rings. The molecule has 19 heavy (non-hydrogen) atoms. The van der Waals surface area contributed by atoms with Gasteiger partial charge in [0.05, 0.1) is 23.7 Å². The van der Waals surface area contributed by atoms with Crippen molar-refractivity contribution in [1.29, 1.82) is 0 Å². The van der Waals surface area contributed by atoms with Crippen LogP contribution in [0.1, 0.15) is 42.5 Å². The molecule has 0 radical (unpaired) electrons. The summed E-state index contributed by atoms with van der Waals surface area (Å²) in [5, 5.41) is 11.7. The molecular formula is C13H15FN2O3. The summed E-state index contributed by atoms with van der Waals surface area (Å²) in [6.07, 6.45) is 5.20. The van der Waals surface area contributed by atoms with Crippen LogP contribution in [0, 0.1) is 5.82 Å². The van der Waals surface area contributed by atoms with E-state index in [2.05, 4.69) is 10.3 Å². The first-order chi connectivity index (χ1) is 9.01. The van der Waals surface area contributed by atoms with Gasteiger partial charge >= 0.3 is 5.97 Å². The molecule has 0 atom stereocenters. The standard InChI is InChI=1S/C13H15FN2O3/c14-10-5-9(7-15-8-10)12(19)16-13(6-11(17)18)3-1-2-4-13/h5,7-8H,1-4,6H2,(H,16,19)(H,17,18). The van der Waals surface area contributed by atoms with Crippen LogP contribution < -0.4 is 5.32 Å². The van der Waals surface area contributed by atoms with Gasteiger partial charge < -0.3 is 10.4 Å². The molecule has 0 aliphatic heterocycles. The van der Waals surface area contributed by atoms with Crippen LogP contribution in [0.5, 0.6) is 0 Å². The smallest absolute Gasteiger partial charge is 0.305 e. The van der Waals surface area contributed by atoms with E-state index in [-0.39, 0.29) is 12.0 Å². The molecule has 1 fully saturated rings. The van der Waals surface area contributed by atoms with Crippen molar-refractivity contribution in [2.75, 3.05) is 0 Å². The Bertz CT molecular complexity index is 498. The van der Waals surface area contributed by atoms with Gasteiger partial charge in [0.15, 0.2) is 0 Å². The molecule has 1 amide bonds. The molecule has 1 aliphatic carbocycles. The Kier molecular flexibility index (Phi) is 3.78. The van der Waals surface area contributed by atoms with Crippen LogP contribution in [0.15, 0.2) is 18.5 Å². The number of carboxylic acids is 1. The molecule has 0 bridgehead atoms. The van der Waals surface area contributed by atoms with E-state index in [1.54, 1.807) is 0 Å². The van der Waals surface area contributed by atoms with Crippen LogP contribution in [0.3, 0.4) is 0 Å². The Morgan fingerprint density at radius 3 is 2.63 bits per heavy atom. The summed E-state index contributed by atoms with van der Waals surface area (Å²) >= 11 is 0. The summed E-state index contributed by atoms with van der Waals surface area (Å²) in [4.78, 5) is 26.5. The molecule has 2 rings (SSSR count). The zero-order chi connectivity index (χ0) is 13.9. The number of aliphatic carboxylic acids is 1. The van der Waals surface area contributed by atoms with E-state index in [1.807, 2.05) is 0 Å². The highest BCUT2D eigenvalue weighted by Crippen LogP contribution is 2.32. The number of carbonyl (C=O) groups excluding carboxylic acids is 1. The van der Waals surface area contributed by atoms with Gasteiger partial charge in [-0.1, -0.05) is 12.8 Å². The van der Waals surface area contributed by atoms with Crippen molar-refractivity contribution in [3.8, 4) is 0 Å².